The van der Waals surface area contributed by atoms with E-state index in [2.05, 4.69) is 5.10 Å². The maximum absolute atomic E-state index is 14.2. The molecule has 1 saturated heterocycles. The van der Waals surface area contributed by atoms with Gasteiger partial charge in [-0.2, -0.15) is 0 Å². The minimum atomic E-state index is -0.954. The summed E-state index contributed by atoms with van der Waals surface area (Å²) < 4.78 is 35.4. The van der Waals surface area contributed by atoms with Crippen molar-refractivity contribution in [1.29, 1.82) is 0 Å². The molecule has 2 aromatic carbocycles. The van der Waals surface area contributed by atoms with Gasteiger partial charge in [-0.15, -0.1) is 5.10 Å². The molecule has 4 rings (SSSR count). The second-order valence-corrected chi connectivity index (χ2v) is 6.42. The molecule has 0 atom stereocenters. The van der Waals surface area contributed by atoms with Gasteiger partial charge >= 0.3 is 6.09 Å². The molecule has 0 unspecified atom stereocenters. The van der Waals surface area contributed by atoms with Crippen molar-refractivity contribution in [2.45, 2.75) is 18.9 Å². The Hall–Kier alpha value is -3.16. The van der Waals surface area contributed by atoms with Crippen LogP contribution in [0.5, 0.6) is 5.88 Å². The average Bonchev–Trinajstić information content (AvgIpc) is 3.00. The van der Waals surface area contributed by atoms with E-state index in [1.165, 1.54) is 33.8 Å². The third-order valence-electron chi connectivity index (χ3n) is 4.68. The molecule has 2 heterocycles. The van der Waals surface area contributed by atoms with Gasteiger partial charge in [0.1, 0.15) is 23.4 Å². The maximum Gasteiger partial charge on any atom is 0.407 e. The number of fused-ring (bicyclic) bond motifs is 1. The van der Waals surface area contributed by atoms with E-state index in [9.17, 15) is 13.6 Å². The van der Waals surface area contributed by atoms with Gasteiger partial charge in [0.15, 0.2) is 0 Å². The van der Waals surface area contributed by atoms with E-state index in [0.717, 1.165) is 0 Å². The Labute approximate surface area is 153 Å². The molecule has 6 nitrogen and oxygen atoms in total. The van der Waals surface area contributed by atoms with Crippen molar-refractivity contribution in [3.63, 3.8) is 0 Å². The predicted molar refractivity (Wildman–Crippen MR) is 94.2 cm³/mol. The first kappa shape index (κ1) is 17.3. The number of rotatable bonds is 3. The summed E-state index contributed by atoms with van der Waals surface area (Å²) in [6.45, 7) is 0.723. The Morgan fingerprint density at radius 3 is 2.59 bits per heavy atom. The largest absolute Gasteiger partial charge is 0.473 e. The van der Waals surface area contributed by atoms with Crippen LogP contribution in [0.4, 0.5) is 13.6 Å². The Morgan fingerprint density at radius 1 is 1.15 bits per heavy atom. The smallest absolute Gasteiger partial charge is 0.407 e. The van der Waals surface area contributed by atoms with Crippen molar-refractivity contribution in [3.8, 4) is 11.6 Å². The van der Waals surface area contributed by atoms with Crippen LogP contribution in [0.1, 0.15) is 12.8 Å². The molecule has 1 aromatic heterocycles. The van der Waals surface area contributed by atoms with E-state index < -0.39 is 17.7 Å². The number of likely N-dealkylation sites (tertiary alicyclic amines) is 1. The lowest BCUT2D eigenvalue weighted by atomic mass is 10.1. The Kier molecular flexibility index (Phi) is 4.39. The first-order chi connectivity index (χ1) is 13.0. The third kappa shape index (κ3) is 3.30. The van der Waals surface area contributed by atoms with Gasteiger partial charge in [0, 0.05) is 25.9 Å². The number of halogens is 2. The fourth-order valence-electron chi connectivity index (χ4n) is 3.28. The summed E-state index contributed by atoms with van der Waals surface area (Å²) in [6, 6.07) is 10.3. The fourth-order valence-corrected chi connectivity index (χ4v) is 3.28. The summed E-state index contributed by atoms with van der Waals surface area (Å²) in [7, 11) is 0. The lowest BCUT2D eigenvalue weighted by Gasteiger charge is -2.29. The van der Waals surface area contributed by atoms with Crippen molar-refractivity contribution in [1.82, 2.24) is 14.7 Å². The van der Waals surface area contributed by atoms with Crippen LogP contribution in [0.3, 0.4) is 0 Å². The van der Waals surface area contributed by atoms with Crippen molar-refractivity contribution >= 4 is 17.0 Å². The molecule has 0 bridgehead atoms. The molecular formula is C19H17F2N3O3. The third-order valence-corrected chi connectivity index (χ3v) is 4.68. The Bertz CT molecular complexity index is 997. The van der Waals surface area contributed by atoms with Crippen molar-refractivity contribution in [2.24, 2.45) is 0 Å². The van der Waals surface area contributed by atoms with E-state index >= 15 is 0 Å². The molecule has 3 aromatic rings. The highest BCUT2D eigenvalue weighted by Gasteiger charge is 2.25. The number of amides is 1. The van der Waals surface area contributed by atoms with Crippen LogP contribution >= 0.6 is 0 Å². The first-order valence-electron chi connectivity index (χ1n) is 8.60. The van der Waals surface area contributed by atoms with Crippen LogP contribution in [-0.2, 0) is 0 Å². The normalized spacial score (nSPS) is 15.3. The summed E-state index contributed by atoms with van der Waals surface area (Å²) in [5, 5.41) is 13.8. The summed E-state index contributed by atoms with van der Waals surface area (Å²) in [6.07, 6.45) is -0.174. The highest BCUT2D eigenvalue weighted by atomic mass is 19.1. The molecule has 8 heteroatoms. The molecule has 0 aliphatic carbocycles. The Morgan fingerprint density at radius 2 is 1.89 bits per heavy atom. The van der Waals surface area contributed by atoms with Gasteiger partial charge in [0.2, 0.25) is 5.88 Å². The van der Waals surface area contributed by atoms with Gasteiger partial charge in [0.25, 0.3) is 0 Å². The second-order valence-electron chi connectivity index (χ2n) is 6.42. The number of hydrogen-bond acceptors (Lipinski definition) is 3. The second kappa shape index (κ2) is 6.86. The molecule has 1 fully saturated rings. The van der Waals surface area contributed by atoms with E-state index in [4.69, 9.17) is 9.84 Å². The molecule has 1 amide bonds. The van der Waals surface area contributed by atoms with E-state index in [1.807, 2.05) is 0 Å². The zero-order valence-electron chi connectivity index (χ0n) is 14.3. The lowest BCUT2D eigenvalue weighted by Crippen LogP contribution is -2.41. The van der Waals surface area contributed by atoms with Gasteiger partial charge in [-0.1, -0.05) is 12.1 Å². The topological polar surface area (TPSA) is 67.6 Å². The summed E-state index contributed by atoms with van der Waals surface area (Å²) >= 11 is 0. The standard InChI is InChI=1S/C19H17F2N3O3/c20-12-5-6-16-14(11-12)18(22-24(16)17-4-2-1-3-15(17)21)27-13-7-9-23(10-8-13)19(25)26/h1-6,11,13H,7-10H2,(H,25,26). The minimum absolute atomic E-state index is 0.210. The number of benzene rings is 2. The summed E-state index contributed by atoms with van der Waals surface area (Å²) in [5.41, 5.74) is 0.768. The Balaban J connectivity index is 1.68. The van der Waals surface area contributed by atoms with Crippen LogP contribution in [-0.4, -0.2) is 45.1 Å². The quantitative estimate of drug-likeness (QED) is 0.758. The number of para-hydroxylation sites is 1. The van der Waals surface area contributed by atoms with Gasteiger partial charge in [-0.25, -0.2) is 18.3 Å². The molecule has 0 radical (unpaired) electrons. The lowest BCUT2D eigenvalue weighted by molar-refractivity contribution is 0.0876. The molecule has 1 N–H and O–H groups in total. The first-order valence-corrected chi connectivity index (χ1v) is 8.60. The summed E-state index contributed by atoms with van der Waals surface area (Å²) in [4.78, 5) is 12.3. The number of carboxylic acid groups (broad SMARTS) is 1. The van der Waals surface area contributed by atoms with Crippen molar-refractivity contribution in [3.05, 3.63) is 54.1 Å². The molecule has 27 heavy (non-hydrogen) atoms. The molecule has 0 saturated carbocycles. The number of nitrogens with zero attached hydrogens (tertiary/aromatic N) is 3. The molecule has 1 aliphatic rings. The minimum Gasteiger partial charge on any atom is -0.473 e. The van der Waals surface area contributed by atoms with Crippen LogP contribution in [0, 0.1) is 11.6 Å². The van der Waals surface area contributed by atoms with Crippen molar-refractivity contribution in [2.75, 3.05) is 13.1 Å². The maximum atomic E-state index is 14.2. The van der Waals surface area contributed by atoms with Crippen LogP contribution in [0.2, 0.25) is 0 Å². The zero-order valence-corrected chi connectivity index (χ0v) is 14.3. The van der Waals surface area contributed by atoms with Gasteiger partial charge < -0.3 is 14.7 Å². The summed E-state index contributed by atoms with van der Waals surface area (Å²) in [5.74, 6) is -0.685. The number of ether oxygens (including phenoxy) is 1. The van der Waals surface area contributed by atoms with Crippen LogP contribution < -0.4 is 4.74 Å². The molecule has 1 aliphatic heterocycles. The van der Waals surface area contributed by atoms with Crippen LogP contribution in [0.15, 0.2) is 42.5 Å². The number of piperidine rings is 1. The highest BCUT2D eigenvalue weighted by Crippen LogP contribution is 2.31. The van der Waals surface area contributed by atoms with Gasteiger partial charge in [-0.05, 0) is 30.3 Å². The van der Waals surface area contributed by atoms with E-state index in [-0.39, 0.29) is 17.7 Å². The molecule has 140 valence electrons. The monoisotopic (exact) mass is 373 g/mol. The van der Waals surface area contributed by atoms with E-state index in [0.29, 0.717) is 36.8 Å². The highest BCUT2D eigenvalue weighted by molar-refractivity contribution is 5.86. The average molecular weight is 373 g/mol. The predicted octanol–water partition coefficient (Wildman–Crippen LogP) is 3.82. The zero-order chi connectivity index (χ0) is 19.0. The van der Waals surface area contributed by atoms with Crippen molar-refractivity contribution < 1.29 is 23.4 Å². The number of carbonyl (C=O) groups is 1. The van der Waals surface area contributed by atoms with Crippen LogP contribution in [0.25, 0.3) is 16.6 Å². The number of hydrogen-bond donors (Lipinski definition) is 1. The molecular weight excluding hydrogens is 356 g/mol. The fraction of sp³-hybridized carbons (Fsp3) is 0.263. The van der Waals surface area contributed by atoms with E-state index in [1.54, 1.807) is 18.2 Å². The SMILES string of the molecule is O=C(O)N1CCC(Oc2nn(-c3ccccc3F)c3ccc(F)cc23)CC1. The van der Waals surface area contributed by atoms with Gasteiger partial charge in [-0.3, -0.25) is 0 Å². The number of aromatic nitrogens is 2. The molecule has 0 spiro atoms. The van der Waals surface area contributed by atoms with Gasteiger partial charge in [0.05, 0.1) is 10.9 Å².